The van der Waals surface area contributed by atoms with Crippen LogP contribution in [0.3, 0.4) is 0 Å². The molecule has 1 aliphatic heterocycles. The summed E-state index contributed by atoms with van der Waals surface area (Å²) < 4.78 is 1.55. The van der Waals surface area contributed by atoms with Crippen molar-refractivity contribution < 1.29 is 14.7 Å². The number of Topliss-reactive ketones (excluding diaryl/α,β-unsaturated/α-hetero) is 1. The number of rotatable bonds is 6. The minimum atomic E-state index is -0.677. The quantitative estimate of drug-likeness (QED) is 0.825. The fraction of sp³-hybridized carbons (Fsp3) is 0.526. The molecule has 1 N–H and O–H groups in total. The lowest BCUT2D eigenvalue weighted by molar-refractivity contribution is -0.141. The predicted molar refractivity (Wildman–Crippen MR) is 98.6 cm³/mol. The van der Waals surface area contributed by atoms with Crippen LogP contribution < -0.4 is 0 Å². The zero-order valence-corrected chi connectivity index (χ0v) is 15.8. The highest BCUT2D eigenvalue weighted by atomic mass is 16.3. The van der Waals surface area contributed by atoms with Crippen molar-refractivity contribution in [2.75, 3.05) is 6.54 Å². The van der Waals surface area contributed by atoms with Gasteiger partial charge in [0.15, 0.2) is 5.78 Å². The number of carbonyl (C=O) groups excluding carboxylic acids is 2. The van der Waals surface area contributed by atoms with Gasteiger partial charge in [-0.3, -0.25) is 14.6 Å². The van der Waals surface area contributed by atoms with E-state index in [1.165, 1.54) is 4.90 Å². The van der Waals surface area contributed by atoms with Gasteiger partial charge in [-0.1, -0.05) is 26.0 Å². The molecular weight excluding hydrogens is 346 g/mol. The Balaban J connectivity index is 1.88. The van der Waals surface area contributed by atoms with Crippen LogP contribution in [0.2, 0.25) is 0 Å². The lowest BCUT2D eigenvalue weighted by atomic mass is 10.0. The van der Waals surface area contributed by atoms with Crippen LogP contribution in [0.4, 0.5) is 0 Å². The number of hydrogen-bond donors (Lipinski definition) is 1. The molecule has 2 aromatic rings. The number of carbonyl (C=O) groups is 2. The van der Waals surface area contributed by atoms with E-state index in [4.69, 9.17) is 0 Å². The molecular formula is C19H25N5O3. The number of nitrogens with zero attached hydrogens (tertiary/aromatic N) is 5. The molecule has 144 valence electrons. The van der Waals surface area contributed by atoms with E-state index < -0.39 is 18.2 Å². The SMILES string of the molecule is CCC(=O)[C@@H]1C[C@@H](O)CN1C(=O)[C@H](C(C)C)n1cc(-c2cccnc2)nn1. The molecule has 0 aliphatic carbocycles. The third-order valence-electron chi connectivity index (χ3n) is 4.92. The molecule has 2 aromatic heterocycles. The van der Waals surface area contributed by atoms with Gasteiger partial charge >= 0.3 is 0 Å². The number of likely N-dealkylation sites (tertiary alicyclic amines) is 1. The van der Waals surface area contributed by atoms with Gasteiger partial charge in [-0.15, -0.1) is 5.10 Å². The largest absolute Gasteiger partial charge is 0.391 e. The molecule has 3 heterocycles. The Morgan fingerprint density at radius 2 is 2.15 bits per heavy atom. The second-order valence-corrected chi connectivity index (χ2v) is 7.23. The Labute approximate surface area is 158 Å². The van der Waals surface area contributed by atoms with Crippen molar-refractivity contribution in [1.82, 2.24) is 24.9 Å². The Morgan fingerprint density at radius 3 is 2.78 bits per heavy atom. The third kappa shape index (κ3) is 3.90. The summed E-state index contributed by atoms with van der Waals surface area (Å²) in [5, 5.41) is 18.3. The van der Waals surface area contributed by atoms with Crippen molar-refractivity contribution in [3.63, 3.8) is 0 Å². The van der Waals surface area contributed by atoms with Crippen molar-refractivity contribution in [3.05, 3.63) is 30.7 Å². The molecule has 0 saturated carbocycles. The van der Waals surface area contributed by atoms with E-state index >= 15 is 0 Å². The summed E-state index contributed by atoms with van der Waals surface area (Å²) in [6.45, 7) is 5.80. The summed E-state index contributed by atoms with van der Waals surface area (Å²) in [6, 6.07) is 2.52. The van der Waals surface area contributed by atoms with Crippen molar-refractivity contribution >= 4 is 11.7 Å². The molecule has 1 aliphatic rings. The highest BCUT2D eigenvalue weighted by Gasteiger charge is 2.41. The molecule has 3 rings (SSSR count). The first-order chi connectivity index (χ1) is 12.9. The van der Waals surface area contributed by atoms with Gasteiger partial charge in [0.25, 0.3) is 0 Å². The summed E-state index contributed by atoms with van der Waals surface area (Å²) >= 11 is 0. The summed E-state index contributed by atoms with van der Waals surface area (Å²) in [7, 11) is 0. The number of β-amino-alcohol motifs (C(OH)–C–C–N with tert-alkyl or cyclic N) is 1. The normalized spacial score (nSPS) is 20.9. The zero-order chi connectivity index (χ0) is 19.6. The Morgan fingerprint density at radius 1 is 1.37 bits per heavy atom. The van der Waals surface area contributed by atoms with E-state index in [2.05, 4.69) is 15.3 Å². The van der Waals surface area contributed by atoms with Gasteiger partial charge in [0, 0.05) is 37.3 Å². The van der Waals surface area contributed by atoms with E-state index in [0.29, 0.717) is 18.5 Å². The summed E-state index contributed by atoms with van der Waals surface area (Å²) in [4.78, 5) is 31.1. The average Bonchev–Trinajstić information content (AvgIpc) is 3.28. The van der Waals surface area contributed by atoms with Gasteiger partial charge in [-0.25, -0.2) is 4.68 Å². The Bertz CT molecular complexity index is 805. The number of ketones is 1. The molecule has 8 heteroatoms. The fourth-order valence-electron chi connectivity index (χ4n) is 3.53. The van der Waals surface area contributed by atoms with Gasteiger partial charge in [0.05, 0.1) is 18.3 Å². The number of aliphatic hydroxyl groups excluding tert-OH is 1. The second kappa shape index (κ2) is 7.96. The van der Waals surface area contributed by atoms with Crippen LogP contribution in [0, 0.1) is 5.92 Å². The lowest BCUT2D eigenvalue weighted by Gasteiger charge is -2.29. The van der Waals surface area contributed by atoms with Crippen LogP contribution in [-0.4, -0.2) is 60.4 Å². The Hall–Kier alpha value is -2.61. The van der Waals surface area contributed by atoms with Crippen molar-refractivity contribution in [2.45, 2.75) is 51.8 Å². The number of aliphatic hydroxyl groups is 1. The van der Waals surface area contributed by atoms with Crippen molar-refractivity contribution in [1.29, 1.82) is 0 Å². The van der Waals surface area contributed by atoms with Crippen LogP contribution in [-0.2, 0) is 9.59 Å². The smallest absolute Gasteiger partial charge is 0.248 e. The highest BCUT2D eigenvalue weighted by Crippen LogP contribution is 2.28. The van der Waals surface area contributed by atoms with Crippen molar-refractivity contribution in [2.24, 2.45) is 5.92 Å². The molecule has 0 unspecified atom stereocenters. The van der Waals surface area contributed by atoms with Crippen LogP contribution in [0.15, 0.2) is 30.7 Å². The summed E-state index contributed by atoms with van der Waals surface area (Å²) in [5.41, 5.74) is 1.44. The maximum absolute atomic E-state index is 13.3. The van der Waals surface area contributed by atoms with E-state index in [-0.39, 0.29) is 24.2 Å². The molecule has 0 aromatic carbocycles. The molecule has 27 heavy (non-hydrogen) atoms. The van der Waals surface area contributed by atoms with Crippen LogP contribution >= 0.6 is 0 Å². The Kier molecular flexibility index (Phi) is 5.65. The van der Waals surface area contributed by atoms with E-state index in [1.54, 1.807) is 30.2 Å². The van der Waals surface area contributed by atoms with Gasteiger partial charge in [-0.05, 0) is 18.1 Å². The predicted octanol–water partition coefficient (Wildman–Crippen LogP) is 1.48. The summed E-state index contributed by atoms with van der Waals surface area (Å²) in [6.07, 6.45) is 5.04. The van der Waals surface area contributed by atoms with Crippen LogP contribution in [0.25, 0.3) is 11.3 Å². The number of aromatic nitrogens is 4. The fourth-order valence-corrected chi connectivity index (χ4v) is 3.53. The minimum absolute atomic E-state index is 0.0305. The summed E-state index contributed by atoms with van der Waals surface area (Å²) in [5.74, 6) is -0.302. The van der Waals surface area contributed by atoms with E-state index in [9.17, 15) is 14.7 Å². The molecule has 8 nitrogen and oxygen atoms in total. The van der Waals surface area contributed by atoms with Gasteiger partial charge in [-0.2, -0.15) is 0 Å². The first kappa shape index (κ1) is 19.2. The molecule has 0 bridgehead atoms. The monoisotopic (exact) mass is 371 g/mol. The van der Waals surface area contributed by atoms with Crippen molar-refractivity contribution in [3.8, 4) is 11.3 Å². The number of hydrogen-bond acceptors (Lipinski definition) is 6. The topological polar surface area (TPSA) is 101 Å². The standard InChI is InChI=1S/C19H25N5O3/c1-4-17(26)16-8-14(25)10-23(16)19(27)18(12(2)3)24-11-15(21-22-24)13-6-5-7-20-9-13/h5-7,9,11-12,14,16,18,25H,4,8,10H2,1-3H3/t14-,16+,18+/m1/s1. The molecule has 3 atom stereocenters. The third-order valence-corrected chi connectivity index (χ3v) is 4.92. The van der Waals surface area contributed by atoms with E-state index in [0.717, 1.165) is 5.56 Å². The van der Waals surface area contributed by atoms with E-state index in [1.807, 2.05) is 26.0 Å². The zero-order valence-electron chi connectivity index (χ0n) is 15.8. The first-order valence-corrected chi connectivity index (χ1v) is 9.25. The molecule has 1 amide bonds. The minimum Gasteiger partial charge on any atom is -0.391 e. The highest BCUT2D eigenvalue weighted by molar-refractivity contribution is 5.91. The maximum atomic E-state index is 13.3. The van der Waals surface area contributed by atoms with Crippen LogP contribution in [0.5, 0.6) is 0 Å². The molecule has 1 saturated heterocycles. The molecule has 0 spiro atoms. The van der Waals surface area contributed by atoms with Gasteiger partial charge in [0.1, 0.15) is 11.7 Å². The first-order valence-electron chi connectivity index (χ1n) is 9.25. The second-order valence-electron chi connectivity index (χ2n) is 7.23. The molecule has 0 radical (unpaired) electrons. The van der Waals surface area contributed by atoms with Gasteiger partial charge in [0.2, 0.25) is 5.91 Å². The lowest BCUT2D eigenvalue weighted by Crippen LogP contribution is -2.45. The number of amides is 1. The maximum Gasteiger partial charge on any atom is 0.248 e. The average molecular weight is 371 g/mol. The molecule has 1 fully saturated rings. The van der Waals surface area contributed by atoms with Crippen LogP contribution in [0.1, 0.15) is 39.7 Å². The van der Waals surface area contributed by atoms with Gasteiger partial charge < -0.3 is 10.0 Å². The number of pyridine rings is 1.